The van der Waals surface area contributed by atoms with Crippen LogP contribution in [0, 0.1) is 0 Å². The Bertz CT molecular complexity index is 2220. The van der Waals surface area contributed by atoms with Crippen molar-refractivity contribution in [2.24, 2.45) is 0 Å². The largest absolute Gasteiger partial charge is 0.472 e. The average molecular weight is 1460 g/mol. The summed E-state index contributed by atoms with van der Waals surface area (Å²) in [5, 5.41) is 20.6. The van der Waals surface area contributed by atoms with Crippen LogP contribution in [0.4, 0.5) is 0 Å². The van der Waals surface area contributed by atoms with Gasteiger partial charge >= 0.3 is 33.6 Å². The lowest BCUT2D eigenvalue weighted by Gasteiger charge is -2.21. The van der Waals surface area contributed by atoms with E-state index in [9.17, 15) is 43.5 Å². The first-order chi connectivity index (χ1) is 49.2. The van der Waals surface area contributed by atoms with E-state index in [1.54, 1.807) is 0 Å². The van der Waals surface area contributed by atoms with Gasteiger partial charge in [0, 0.05) is 19.3 Å². The highest BCUT2D eigenvalue weighted by atomic mass is 31.2. The number of phosphoric acid groups is 2. The molecule has 0 aromatic heterocycles. The maximum Gasteiger partial charge on any atom is 0.472 e. The molecule has 4 N–H and O–H groups in total. The minimum atomic E-state index is -4.93. The fourth-order valence-electron chi connectivity index (χ4n) is 11.1. The normalized spacial score (nSPS) is 14.5. The molecule has 0 spiro atoms. The van der Waals surface area contributed by atoms with Crippen molar-refractivity contribution >= 4 is 33.6 Å². The molecule has 0 aliphatic rings. The lowest BCUT2D eigenvalue weighted by molar-refractivity contribution is -0.161. The van der Waals surface area contributed by atoms with Crippen molar-refractivity contribution in [1.29, 1.82) is 0 Å². The summed E-state index contributed by atoms with van der Waals surface area (Å²) >= 11 is 0. The molecule has 0 aromatic rings. The molecule has 18 heteroatoms. The SMILES string of the molecule is CC/C=C\C/C=C\C/C=C\CCCCCCCCCC(=O)OCC(COP(=O)(O)OCC(O)COP(=O)(O)OCC(O)COC(=O)CCCCCCCCCCCCCCCCCCCCC/C=C\C/C=C\C/C=C\C/C=C\CCCCC)OC(=O)CCCCCCC/C=C\CCCCCC. The third kappa shape index (κ3) is 77.4. The molecule has 0 aromatic carbocycles. The van der Waals surface area contributed by atoms with Gasteiger partial charge in [-0.05, 0) is 122 Å². The molecule has 0 heterocycles. The molecule has 5 unspecified atom stereocenters. The molecule has 101 heavy (non-hydrogen) atoms. The first kappa shape index (κ1) is 97.5. The maximum atomic E-state index is 12.9. The highest BCUT2D eigenvalue weighted by Crippen LogP contribution is 2.45. The van der Waals surface area contributed by atoms with Gasteiger partial charge in [-0.2, -0.15) is 0 Å². The van der Waals surface area contributed by atoms with E-state index in [0.717, 1.165) is 141 Å². The Kier molecular flexibility index (Phi) is 73.5. The fraction of sp³-hybridized carbons (Fsp3) is 0.771. The zero-order valence-corrected chi connectivity index (χ0v) is 65.9. The first-order valence-corrected chi connectivity index (χ1v) is 43.5. The van der Waals surface area contributed by atoms with Crippen molar-refractivity contribution in [3.05, 3.63) is 97.2 Å². The second kappa shape index (κ2) is 76.1. The molecular formula is C83H148O16P2. The summed E-state index contributed by atoms with van der Waals surface area (Å²) in [6.45, 7) is 2.54. The van der Waals surface area contributed by atoms with Crippen LogP contribution in [0.15, 0.2) is 97.2 Å². The van der Waals surface area contributed by atoms with Crippen LogP contribution in [-0.2, 0) is 55.8 Å². The van der Waals surface area contributed by atoms with E-state index in [2.05, 4.69) is 118 Å². The molecule has 0 amide bonds. The summed E-state index contributed by atoms with van der Waals surface area (Å²) in [6.07, 6.45) is 87.7. The van der Waals surface area contributed by atoms with E-state index in [1.807, 2.05) is 0 Å². The predicted molar refractivity (Wildman–Crippen MR) is 417 cm³/mol. The molecule has 0 saturated heterocycles. The van der Waals surface area contributed by atoms with Gasteiger partial charge in [0.15, 0.2) is 6.10 Å². The summed E-state index contributed by atoms with van der Waals surface area (Å²) in [6, 6.07) is 0. The summed E-state index contributed by atoms with van der Waals surface area (Å²) in [7, 11) is -9.78. The van der Waals surface area contributed by atoms with Crippen molar-refractivity contribution in [1.82, 2.24) is 0 Å². The van der Waals surface area contributed by atoms with Crippen LogP contribution in [0.3, 0.4) is 0 Å². The quantitative estimate of drug-likeness (QED) is 0.0146. The van der Waals surface area contributed by atoms with Crippen molar-refractivity contribution < 1.29 is 75.8 Å². The molecule has 0 rings (SSSR count). The second-order valence-electron chi connectivity index (χ2n) is 27.2. The lowest BCUT2D eigenvalue weighted by atomic mass is 10.0. The van der Waals surface area contributed by atoms with E-state index in [1.165, 1.54) is 154 Å². The number of carbonyl (C=O) groups is 3. The van der Waals surface area contributed by atoms with Gasteiger partial charge in [-0.25, -0.2) is 9.13 Å². The predicted octanol–water partition coefficient (Wildman–Crippen LogP) is 23.8. The number of phosphoric ester groups is 2. The number of ether oxygens (including phenoxy) is 3. The highest BCUT2D eigenvalue weighted by Gasteiger charge is 2.29. The number of hydrogen-bond donors (Lipinski definition) is 4. The fourth-order valence-corrected chi connectivity index (χ4v) is 12.7. The van der Waals surface area contributed by atoms with E-state index >= 15 is 0 Å². The van der Waals surface area contributed by atoms with Crippen LogP contribution in [-0.4, -0.2) is 95.9 Å². The molecule has 0 bridgehead atoms. The van der Waals surface area contributed by atoms with Crippen LogP contribution in [0.2, 0.25) is 0 Å². The number of esters is 3. The first-order valence-electron chi connectivity index (χ1n) is 40.5. The standard InChI is InChI=1S/C83H148O16P2/c1-4-7-10-13-16-19-22-25-27-29-30-31-32-33-34-35-36-37-38-39-40-41-42-43-44-45-46-48-50-52-54-57-60-63-66-69-81(86)93-72-78(84)73-95-100(89,90)96-74-79(85)75-97-101(91,92)98-77-80(99-83(88)71-68-65-62-59-56-51-24-21-18-15-12-9-6-3)76-94-82(87)70-67-64-61-58-55-53-49-47-28-26-23-20-17-14-11-8-5-2/h8,11,16-17,19-21,24-28,30-31,33-34,78-80,84-85H,4-7,9-10,12-15,18,22-23,29,32,35-77H2,1-3H3,(H,89,90)(H,91,92)/b11-8-,19-16-,20-17-,24-21-,27-25-,28-26-,31-30-,34-33-. The minimum absolute atomic E-state index is 0.0933. The van der Waals surface area contributed by atoms with Gasteiger partial charge in [0.2, 0.25) is 0 Å². The molecular weight excluding hydrogens is 1310 g/mol. The van der Waals surface area contributed by atoms with Crippen molar-refractivity contribution in [2.75, 3.05) is 39.6 Å². The van der Waals surface area contributed by atoms with Crippen molar-refractivity contribution in [3.63, 3.8) is 0 Å². The average Bonchev–Trinajstić information content (AvgIpc) is 0.934. The molecule has 586 valence electrons. The van der Waals surface area contributed by atoms with Crippen LogP contribution in [0.1, 0.15) is 355 Å². The highest BCUT2D eigenvalue weighted by molar-refractivity contribution is 7.47. The Morgan fingerprint density at radius 1 is 0.287 bits per heavy atom. The van der Waals surface area contributed by atoms with Crippen LogP contribution in [0.5, 0.6) is 0 Å². The lowest BCUT2D eigenvalue weighted by Crippen LogP contribution is -2.30. The minimum Gasteiger partial charge on any atom is -0.463 e. The number of aliphatic hydroxyl groups excluding tert-OH is 2. The zero-order chi connectivity index (χ0) is 73.7. The van der Waals surface area contributed by atoms with Crippen molar-refractivity contribution in [3.8, 4) is 0 Å². The Morgan fingerprint density at radius 3 is 0.861 bits per heavy atom. The molecule has 0 aliphatic heterocycles. The number of hydrogen-bond acceptors (Lipinski definition) is 14. The molecule has 16 nitrogen and oxygen atoms in total. The van der Waals surface area contributed by atoms with E-state index in [0.29, 0.717) is 19.3 Å². The third-order valence-electron chi connectivity index (χ3n) is 17.3. The Morgan fingerprint density at radius 2 is 0.525 bits per heavy atom. The Balaban J connectivity index is 4.33. The molecule has 5 atom stereocenters. The molecule has 0 saturated carbocycles. The van der Waals surface area contributed by atoms with Crippen molar-refractivity contribution in [2.45, 2.75) is 373 Å². The number of allylic oxidation sites excluding steroid dienone is 16. The van der Waals surface area contributed by atoms with Gasteiger partial charge in [-0.3, -0.25) is 32.5 Å². The molecule has 0 fully saturated rings. The van der Waals surface area contributed by atoms with Crippen LogP contribution < -0.4 is 0 Å². The monoisotopic (exact) mass is 1460 g/mol. The van der Waals surface area contributed by atoms with E-state index < -0.39 is 91.5 Å². The summed E-state index contributed by atoms with van der Waals surface area (Å²) in [5.74, 6) is -1.58. The van der Waals surface area contributed by atoms with Gasteiger partial charge in [0.25, 0.3) is 0 Å². The summed E-state index contributed by atoms with van der Waals surface area (Å²) < 4.78 is 61.1. The van der Waals surface area contributed by atoms with Gasteiger partial charge in [-0.1, -0.05) is 311 Å². The van der Waals surface area contributed by atoms with Gasteiger partial charge in [-0.15, -0.1) is 0 Å². The molecule has 0 radical (unpaired) electrons. The number of unbranched alkanes of at least 4 members (excludes halogenated alkanes) is 38. The van der Waals surface area contributed by atoms with Gasteiger partial charge in [0.05, 0.1) is 26.4 Å². The number of carbonyl (C=O) groups excluding carboxylic acids is 3. The van der Waals surface area contributed by atoms with Crippen LogP contribution >= 0.6 is 15.6 Å². The second-order valence-corrected chi connectivity index (χ2v) is 30.1. The number of aliphatic hydroxyl groups is 2. The zero-order valence-electron chi connectivity index (χ0n) is 64.1. The van der Waals surface area contributed by atoms with Crippen LogP contribution in [0.25, 0.3) is 0 Å². The smallest absolute Gasteiger partial charge is 0.463 e. The number of rotatable bonds is 77. The molecule has 0 aliphatic carbocycles. The Labute approximate surface area is 616 Å². The van der Waals surface area contributed by atoms with Gasteiger partial charge in [0.1, 0.15) is 25.4 Å². The topological polar surface area (TPSA) is 231 Å². The van der Waals surface area contributed by atoms with E-state index in [4.69, 9.17) is 32.3 Å². The van der Waals surface area contributed by atoms with E-state index in [-0.39, 0.29) is 19.3 Å². The summed E-state index contributed by atoms with van der Waals surface area (Å²) in [5.41, 5.74) is 0. The third-order valence-corrected chi connectivity index (χ3v) is 19.2. The maximum absolute atomic E-state index is 12.9. The Hall–Kier alpha value is -3.53. The van der Waals surface area contributed by atoms with Gasteiger partial charge < -0.3 is 34.2 Å². The summed E-state index contributed by atoms with van der Waals surface area (Å²) in [4.78, 5) is 58.5.